The lowest BCUT2D eigenvalue weighted by Gasteiger charge is -2.36. The van der Waals surface area contributed by atoms with Gasteiger partial charge in [-0.05, 0) is 31.7 Å². The molecule has 1 heterocycles. The van der Waals surface area contributed by atoms with Gasteiger partial charge in [-0.15, -0.1) is 0 Å². The van der Waals surface area contributed by atoms with Crippen molar-refractivity contribution in [2.24, 2.45) is 0 Å². The third-order valence-corrected chi connectivity index (χ3v) is 5.11. The first-order chi connectivity index (χ1) is 9.77. The van der Waals surface area contributed by atoms with Crippen LogP contribution in [0.2, 0.25) is 0 Å². The predicted molar refractivity (Wildman–Crippen MR) is 75.7 cm³/mol. The molecule has 0 aliphatic heterocycles. The standard InChI is InChI=1S/C13H20N2O5S/c1-2-6-15-8-10(7-11(15)12(16)17)21(19,20)14-9-13(18)4-3-5-13/h7-8,14,18H,2-6,9H2,1H3,(H,16,17). The number of nitrogens with one attached hydrogen (secondary N) is 1. The number of aromatic carboxylic acids is 1. The van der Waals surface area contributed by atoms with Crippen molar-refractivity contribution in [1.29, 1.82) is 0 Å². The Hall–Kier alpha value is -1.38. The smallest absolute Gasteiger partial charge is 0.352 e. The van der Waals surface area contributed by atoms with Gasteiger partial charge in [0.05, 0.1) is 5.60 Å². The van der Waals surface area contributed by atoms with Crippen LogP contribution in [-0.4, -0.2) is 41.3 Å². The Balaban J connectivity index is 2.19. The quantitative estimate of drug-likeness (QED) is 0.689. The number of rotatable bonds is 7. The molecule has 0 atom stereocenters. The highest BCUT2D eigenvalue weighted by Crippen LogP contribution is 2.31. The molecule has 2 rings (SSSR count). The lowest BCUT2D eigenvalue weighted by Crippen LogP contribution is -2.47. The maximum Gasteiger partial charge on any atom is 0.352 e. The van der Waals surface area contributed by atoms with E-state index in [9.17, 15) is 18.3 Å². The molecule has 7 nitrogen and oxygen atoms in total. The van der Waals surface area contributed by atoms with E-state index in [4.69, 9.17) is 5.11 Å². The summed E-state index contributed by atoms with van der Waals surface area (Å²) in [5.74, 6) is -1.16. The largest absolute Gasteiger partial charge is 0.477 e. The van der Waals surface area contributed by atoms with E-state index in [0.717, 1.165) is 12.5 Å². The second kappa shape index (κ2) is 5.78. The van der Waals surface area contributed by atoms with Crippen molar-refractivity contribution in [2.45, 2.75) is 49.6 Å². The zero-order chi connectivity index (χ0) is 15.7. The average Bonchev–Trinajstić information content (AvgIpc) is 2.80. The number of carboxylic acids is 1. The van der Waals surface area contributed by atoms with Gasteiger partial charge in [-0.3, -0.25) is 0 Å². The number of nitrogens with zero attached hydrogens (tertiary/aromatic N) is 1. The lowest BCUT2D eigenvalue weighted by molar-refractivity contribution is -0.0270. The maximum atomic E-state index is 12.2. The fraction of sp³-hybridized carbons (Fsp3) is 0.615. The van der Waals surface area contributed by atoms with E-state index in [0.29, 0.717) is 25.8 Å². The van der Waals surface area contributed by atoms with E-state index in [1.165, 1.54) is 10.8 Å². The van der Waals surface area contributed by atoms with Crippen molar-refractivity contribution < 1.29 is 23.4 Å². The lowest BCUT2D eigenvalue weighted by atomic mass is 9.81. The SMILES string of the molecule is CCCn1cc(S(=O)(=O)NCC2(O)CCC2)cc1C(=O)O. The first-order valence-electron chi connectivity index (χ1n) is 6.93. The predicted octanol–water partition coefficient (Wildman–Crippen LogP) is 0.790. The molecule has 1 aliphatic rings. The number of aryl methyl sites for hydroxylation is 1. The van der Waals surface area contributed by atoms with Gasteiger partial charge in [0, 0.05) is 19.3 Å². The second-order valence-electron chi connectivity index (χ2n) is 5.46. The summed E-state index contributed by atoms with van der Waals surface area (Å²) in [5.41, 5.74) is -1.02. The van der Waals surface area contributed by atoms with Crippen LogP contribution < -0.4 is 4.72 Å². The van der Waals surface area contributed by atoms with Crippen molar-refractivity contribution >= 4 is 16.0 Å². The minimum Gasteiger partial charge on any atom is -0.477 e. The molecule has 1 fully saturated rings. The molecule has 118 valence electrons. The molecule has 0 amide bonds. The van der Waals surface area contributed by atoms with Crippen LogP contribution in [0.25, 0.3) is 0 Å². The monoisotopic (exact) mass is 316 g/mol. The molecule has 0 aromatic carbocycles. The van der Waals surface area contributed by atoms with E-state index in [-0.39, 0.29) is 17.1 Å². The zero-order valence-corrected chi connectivity index (χ0v) is 12.7. The van der Waals surface area contributed by atoms with Crippen molar-refractivity contribution in [1.82, 2.24) is 9.29 Å². The minimum absolute atomic E-state index is 0.0449. The van der Waals surface area contributed by atoms with Crippen LogP contribution in [0.15, 0.2) is 17.2 Å². The van der Waals surface area contributed by atoms with Crippen molar-refractivity contribution in [3.05, 3.63) is 18.0 Å². The normalized spacial score (nSPS) is 17.4. The zero-order valence-electron chi connectivity index (χ0n) is 11.9. The molecule has 0 radical (unpaired) electrons. The first kappa shape index (κ1) is 16.0. The molecule has 0 spiro atoms. The minimum atomic E-state index is -3.82. The van der Waals surface area contributed by atoms with Crippen molar-refractivity contribution in [2.75, 3.05) is 6.54 Å². The topological polar surface area (TPSA) is 109 Å². The molecule has 1 aromatic rings. The van der Waals surface area contributed by atoms with Gasteiger partial charge >= 0.3 is 5.97 Å². The Morgan fingerprint density at radius 2 is 2.14 bits per heavy atom. The van der Waals surface area contributed by atoms with Gasteiger partial charge in [-0.1, -0.05) is 6.92 Å². The highest BCUT2D eigenvalue weighted by atomic mass is 32.2. The molecular weight excluding hydrogens is 296 g/mol. The number of hydrogen-bond acceptors (Lipinski definition) is 4. The van der Waals surface area contributed by atoms with Crippen molar-refractivity contribution in [3.8, 4) is 0 Å². The summed E-state index contributed by atoms with van der Waals surface area (Å²) < 4.78 is 28.1. The molecule has 21 heavy (non-hydrogen) atoms. The molecule has 0 unspecified atom stereocenters. The molecule has 8 heteroatoms. The number of sulfonamides is 1. The van der Waals surface area contributed by atoms with Gasteiger partial charge in [0.25, 0.3) is 0 Å². The number of carbonyl (C=O) groups is 1. The number of aliphatic hydroxyl groups is 1. The number of hydrogen-bond donors (Lipinski definition) is 3. The van der Waals surface area contributed by atoms with Crippen molar-refractivity contribution in [3.63, 3.8) is 0 Å². The fourth-order valence-electron chi connectivity index (χ4n) is 2.31. The summed E-state index contributed by atoms with van der Waals surface area (Å²) >= 11 is 0. The van der Waals surface area contributed by atoms with E-state index in [1.807, 2.05) is 6.92 Å². The Labute approximate surface area is 123 Å². The van der Waals surface area contributed by atoms with Crippen LogP contribution in [0.5, 0.6) is 0 Å². The molecule has 0 saturated heterocycles. The summed E-state index contributed by atoms with van der Waals surface area (Å²) in [5, 5.41) is 19.0. The Morgan fingerprint density at radius 3 is 2.62 bits per heavy atom. The summed E-state index contributed by atoms with van der Waals surface area (Å²) in [6, 6.07) is 1.14. The summed E-state index contributed by atoms with van der Waals surface area (Å²) in [7, 11) is -3.82. The van der Waals surface area contributed by atoms with Gasteiger partial charge in [0.15, 0.2) is 0 Å². The molecule has 3 N–H and O–H groups in total. The van der Waals surface area contributed by atoms with Crippen LogP contribution in [0.1, 0.15) is 43.1 Å². The van der Waals surface area contributed by atoms with Crippen LogP contribution in [-0.2, 0) is 16.6 Å². The van der Waals surface area contributed by atoms with Crippen LogP contribution in [0, 0.1) is 0 Å². The molecular formula is C13H20N2O5S. The third kappa shape index (κ3) is 3.45. The molecule has 0 bridgehead atoms. The van der Waals surface area contributed by atoms with Gasteiger partial charge < -0.3 is 14.8 Å². The van der Waals surface area contributed by atoms with E-state index in [2.05, 4.69) is 4.72 Å². The first-order valence-corrected chi connectivity index (χ1v) is 8.41. The molecule has 1 aliphatic carbocycles. The van der Waals surface area contributed by atoms with Gasteiger partial charge in [0.1, 0.15) is 10.6 Å². The molecule has 1 aromatic heterocycles. The van der Waals surface area contributed by atoms with Gasteiger partial charge in [-0.2, -0.15) is 0 Å². The second-order valence-corrected chi connectivity index (χ2v) is 7.23. The Bertz CT molecular complexity index is 631. The maximum absolute atomic E-state index is 12.2. The number of aromatic nitrogens is 1. The van der Waals surface area contributed by atoms with E-state index < -0.39 is 21.6 Å². The van der Waals surface area contributed by atoms with Crippen LogP contribution in [0.3, 0.4) is 0 Å². The average molecular weight is 316 g/mol. The van der Waals surface area contributed by atoms with Crippen LogP contribution >= 0.6 is 0 Å². The Kier molecular flexibility index (Phi) is 4.40. The van der Waals surface area contributed by atoms with Gasteiger partial charge in [-0.25, -0.2) is 17.9 Å². The summed E-state index contributed by atoms with van der Waals surface area (Å²) in [4.78, 5) is 11.0. The summed E-state index contributed by atoms with van der Waals surface area (Å²) in [6.45, 7) is 2.27. The fourth-order valence-corrected chi connectivity index (χ4v) is 3.47. The summed E-state index contributed by atoms with van der Waals surface area (Å²) in [6.07, 6.45) is 4.05. The highest BCUT2D eigenvalue weighted by Gasteiger charge is 2.35. The van der Waals surface area contributed by atoms with Crippen LogP contribution in [0.4, 0.5) is 0 Å². The van der Waals surface area contributed by atoms with E-state index >= 15 is 0 Å². The molecule has 1 saturated carbocycles. The number of carboxylic acid groups (broad SMARTS) is 1. The van der Waals surface area contributed by atoms with Gasteiger partial charge in [0.2, 0.25) is 10.0 Å². The Morgan fingerprint density at radius 1 is 1.48 bits per heavy atom. The highest BCUT2D eigenvalue weighted by molar-refractivity contribution is 7.89. The third-order valence-electron chi connectivity index (χ3n) is 3.74. The van der Waals surface area contributed by atoms with E-state index in [1.54, 1.807) is 0 Å².